The second-order valence-electron chi connectivity index (χ2n) is 3.78. The van der Waals surface area contributed by atoms with E-state index < -0.39 is 22.0 Å². The van der Waals surface area contributed by atoms with E-state index in [2.05, 4.69) is 4.72 Å². The van der Waals surface area contributed by atoms with Gasteiger partial charge in [0, 0.05) is 5.02 Å². The summed E-state index contributed by atoms with van der Waals surface area (Å²) in [7, 11) is -3.89. The minimum atomic E-state index is -3.89. The molecule has 1 aromatic carbocycles. The molecule has 2 N–H and O–H groups in total. The summed E-state index contributed by atoms with van der Waals surface area (Å²) in [6.07, 6.45) is 0.161. The summed E-state index contributed by atoms with van der Waals surface area (Å²) >= 11 is 5.84. The van der Waals surface area contributed by atoms with E-state index in [-0.39, 0.29) is 11.3 Å². The van der Waals surface area contributed by atoms with Crippen molar-refractivity contribution in [1.29, 1.82) is 0 Å². The molecular formula is C11H14ClNO4S. The first-order valence-electron chi connectivity index (χ1n) is 5.30. The predicted molar refractivity (Wildman–Crippen MR) is 68.2 cm³/mol. The lowest BCUT2D eigenvalue weighted by Crippen LogP contribution is -2.40. The number of halogens is 1. The monoisotopic (exact) mass is 291 g/mol. The third-order valence-corrected chi connectivity index (χ3v) is 4.54. The normalized spacial score (nSPS) is 13.3. The first kappa shape index (κ1) is 14.9. The Labute approximate surface area is 111 Å². The number of aliphatic carboxylic acids is 1. The second kappa shape index (κ2) is 5.69. The van der Waals surface area contributed by atoms with Crippen molar-refractivity contribution < 1.29 is 18.3 Å². The minimum absolute atomic E-state index is 0.00491. The number of sulfonamides is 1. The van der Waals surface area contributed by atoms with Crippen LogP contribution in [0.15, 0.2) is 23.1 Å². The number of benzene rings is 1. The SMILES string of the molecule is CC[C@@H](NS(=O)(=O)c1cccc(Cl)c1C)C(=O)O. The van der Waals surface area contributed by atoms with Gasteiger partial charge in [0.05, 0.1) is 4.90 Å². The number of rotatable bonds is 5. The van der Waals surface area contributed by atoms with E-state index >= 15 is 0 Å². The van der Waals surface area contributed by atoms with Gasteiger partial charge >= 0.3 is 5.97 Å². The molecule has 0 aliphatic rings. The van der Waals surface area contributed by atoms with Crippen molar-refractivity contribution >= 4 is 27.6 Å². The summed E-state index contributed by atoms with van der Waals surface area (Å²) in [5, 5.41) is 9.17. The van der Waals surface area contributed by atoms with E-state index in [4.69, 9.17) is 16.7 Å². The molecule has 0 bridgehead atoms. The van der Waals surface area contributed by atoms with E-state index in [9.17, 15) is 13.2 Å². The number of carbonyl (C=O) groups is 1. The van der Waals surface area contributed by atoms with Crippen molar-refractivity contribution in [2.24, 2.45) is 0 Å². The Bertz CT molecular complexity index is 556. The molecule has 18 heavy (non-hydrogen) atoms. The van der Waals surface area contributed by atoms with E-state index in [1.165, 1.54) is 12.1 Å². The molecule has 0 unspecified atom stereocenters. The molecule has 1 aromatic rings. The fourth-order valence-corrected chi connectivity index (χ4v) is 3.21. The molecule has 0 aromatic heterocycles. The molecular weight excluding hydrogens is 278 g/mol. The van der Waals surface area contributed by atoms with Crippen molar-refractivity contribution in [1.82, 2.24) is 4.72 Å². The quantitative estimate of drug-likeness (QED) is 0.866. The second-order valence-corrected chi connectivity index (χ2v) is 5.87. The van der Waals surface area contributed by atoms with E-state index in [0.29, 0.717) is 10.6 Å². The maximum absolute atomic E-state index is 12.0. The highest BCUT2D eigenvalue weighted by Gasteiger charge is 2.25. The van der Waals surface area contributed by atoms with Crippen molar-refractivity contribution in [3.05, 3.63) is 28.8 Å². The molecule has 0 fully saturated rings. The summed E-state index contributed by atoms with van der Waals surface area (Å²) < 4.78 is 26.2. The van der Waals surface area contributed by atoms with Crippen LogP contribution in [0, 0.1) is 6.92 Å². The van der Waals surface area contributed by atoms with Gasteiger partial charge in [-0.15, -0.1) is 0 Å². The Morgan fingerprint density at radius 3 is 2.61 bits per heavy atom. The lowest BCUT2D eigenvalue weighted by Gasteiger charge is -2.14. The zero-order valence-corrected chi connectivity index (χ0v) is 11.5. The van der Waals surface area contributed by atoms with Gasteiger partial charge in [0.1, 0.15) is 6.04 Å². The van der Waals surface area contributed by atoms with Crippen LogP contribution in [0.2, 0.25) is 5.02 Å². The van der Waals surface area contributed by atoms with E-state index in [0.717, 1.165) is 0 Å². The van der Waals surface area contributed by atoms with Crippen molar-refractivity contribution in [2.75, 3.05) is 0 Å². The van der Waals surface area contributed by atoms with Gasteiger partial charge in [0.25, 0.3) is 0 Å². The third kappa shape index (κ3) is 3.22. The van der Waals surface area contributed by atoms with Gasteiger partial charge in [-0.05, 0) is 31.0 Å². The Morgan fingerprint density at radius 2 is 2.11 bits per heavy atom. The van der Waals surface area contributed by atoms with Gasteiger partial charge in [-0.3, -0.25) is 4.79 Å². The molecule has 0 saturated heterocycles. The van der Waals surface area contributed by atoms with Crippen molar-refractivity contribution in [3.8, 4) is 0 Å². The molecule has 0 heterocycles. The number of carboxylic acids is 1. The van der Waals surface area contributed by atoms with Crippen LogP contribution in [0.5, 0.6) is 0 Å². The molecule has 0 spiro atoms. The third-order valence-electron chi connectivity index (χ3n) is 2.51. The van der Waals surface area contributed by atoms with Crippen LogP contribution in [0.25, 0.3) is 0 Å². The minimum Gasteiger partial charge on any atom is -0.480 e. The average molecular weight is 292 g/mol. The molecule has 5 nitrogen and oxygen atoms in total. The fourth-order valence-electron chi connectivity index (χ4n) is 1.44. The Balaban J connectivity index is 3.14. The first-order chi connectivity index (χ1) is 8.29. The van der Waals surface area contributed by atoms with Gasteiger partial charge in [0.2, 0.25) is 10.0 Å². The number of nitrogens with one attached hydrogen (secondary N) is 1. The van der Waals surface area contributed by atoms with Crippen LogP contribution in [-0.2, 0) is 14.8 Å². The van der Waals surface area contributed by atoms with Gasteiger partial charge in [-0.2, -0.15) is 4.72 Å². The molecule has 100 valence electrons. The van der Waals surface area contributed by atoms with Crippen LogP contribution in [-0.4, -0.2) is 25.5 Å². The van der Waals surface area contributed by atoms with Gasteiger partial charge < -0.3 is 5.11 Å². The Kier molecular flexibility index (Phi) is 4.72. The highest BCUT2D eigenvalue weighted by atomic mass is 35.5. The smallest absolute Gasteiger partial charge is 0.321 e. The first-order valence-corrected chi connectivity index (χ1v) is 7.16. The Hall–Kier alpha value is -1.11. The summed E-state index contributed by atoms with van der Waals surface area (Å²) in [6.45, 7) is 3.16. The number of hydrogen-bond acceptors (Lipinski definition) is 3. The number of carboxylic acid groups (broad SMARTS) is 1. The highest BCUT2D eigenvalue weighted by Crippen LogP contribution is 2.22. The molecule has 0 aliphatic carbocycles. The fraction of sp³-hybridized carbons (Fsp3) is 0.364. The average Bonchev–Trinajstić information content (AvgIpc) is 2.29. The predicted octanol–water partition coefficient (Wildman–Crippen LogP) is 1.79. The van der Waals surface area contributed by atoms with Gasteiger partial charge in [-0.25, -0.2) is 8.42 Å². The topological polar surface area (TPSA) is 83.5 Å². The van der Waals surface area contributed by atoms with Crippen LogP contribution in [0.1, 0.15) is 18.9 Å². The molecule has 7 heteroatoms. The van der Waals surface area contributed by atoms with Crippen molar-refractivity contribution in [3.63, 3.8) is 0 Å². The van der Waals surface area contributed by atoms with Gasteiger partial charge in [-0.1, -0.05) is 24.6 Å². The molecule has 0 aliphatic heterocycles. The number of hydrogen-bond donors (Lipinski definition) is 2. The zero-order valence-electron chi connectivity index (χ0n) is 9.97. The van der Waals surface area contributed by atoms with E-state index in [1.807, 2.05) is 0 Å². The van der Waals surface area contributed by atoms with Crippen molar-refractivity contribution in [2.45, 2.75) is 31.2 Å². The highest BCUT2D eigenvalue weighted by molar-refractivity contribution is 7.89. The lowest BCUT2D eigenvalue weighted by atomic mass is 10.2. The summed E-state index contributed by atoms with van der Waals surface area (Å²) in [5.41, 5.74) is 0.395. The summed E-state index contributed by atoms with van der Waals surface area (Å²) in [6, 6.07) is 3.32. The zero-order chi connectivity index (χ0) is 13.9. The molecule has 0 amide bonds. The van der Waals surface area contributed by atoms with Crippen LogP contribution in [0.4, 0.5) is 0 Å². The summed E-state index contributed by atoms with van der Waals surface area (Å²) in [4.78, 5) is 10.8. The Morgan fingerprint density at radius 1 is 1.50 bits per heavy atom. The van der Waals surface area contributed by atoms with Crippen LogP contribution in [0.3, 0.4) is 0 Å². The molecule has 1 rings (SSSR count). The van der Waals surface area contributed by atoms with Crippen LogP contribution < -0.4 is 4.72 Å². The lowest BCUT2D eigenvalue weighted by molar-refractivity contribution is -0.139. The largest absolute Gasteiger partial charge is 0.480 e. The van der Waals surface area contributed by atoms with E-state index in [1.54, 1.807) is 19.9 Å². The maximum Gasteiger partial charge on any atom is 0.321 e. The molecule has 0 saturated carbocycles. The standard InChI is InChI=1S/C11H14ClNO4S/c1-3-9(11(14)15)13-18(16,17)10-6-4-5-8(12)7(10)2/h4-6,9,13H,3H2,1-2H3,(H,14,15)/t9-/m1/s1. The molecule has 1 atom stereocenters. The van der Waals surface area contributed by atoms with Crippen LogP contribution >= 0.6 is 11.6 Å². The maximum atomic E-state index is 12.0. The van der Waals surface area contributed by atoms with Gasteiger partial charge in [0.15, 0.2) is 0 Å². The summed E-state index contributed by atoms with van der Waals surface area (Å²) in [5.74, 6) is -1.21. The molecule has 0 radical (unpaired) electrons.